The lowest BCUT2D eigenvalue weighted by Gasteiger charge is -2.12. The smallest absolute Gasteiger partial charge is 0.240 e. The zero-order chi connectivity index (χ0) is 20.5. The minimum absolute atomic E-state index is 0. The lowest BCUT2D eigenvalue weighted by molar-refractivity contribution is 0.198. The fraction of sp³-hybridized carbons (Fsp3) is 0.263. The van der Waals surface area contributed by atoms with E-state index in [1.807, 2.05) is 6.92 Å². The van der Waals surface area contributed by atoms with E-state index in [4.69, 9.17) is 10.3 Å². The molecule has 0 saturated heterocycles. The van der Waals surface area contributed by atoms with Gasteiger partial charge in [0.25, 0.3) is 0 Å². The summed E-state index contributed by atoms with van der Waals surface area (Å²) in [6.45, 7) is 5.13. The van der Waals surface area contributed by atoms with Crippen LogP contribution in [0, 0.1) is 13.8 Å². The number of aliphatic hydroxyl groups excluding tert-OH is 1. The summed E-state index contributed by atoms with van der Waals surface area (Å²) in [5.74, 6) is 0.782. The molecular formula is C19H24N4O4S2. The molecule has 156 valence electrons. The zero-order valence-corrected chi connectivity index (χ0v) is 18.1. The maximum Gasteiger partial charge on any atom is 0.240 e. The second-order valence-electron chi connectivity index (χ2n) is 6.67. The predicted octanol–water partition coefficient (Wildman–Crippen LogP) is 2.37. The van der Waals surface area contributed by atoms with Gasteiger partial charge in [-0.1, -0.05) is 11.2 Å². The molecule has 0 saturated carbocycles. The van der Waals surface area contributed by atoms with E-state index in [1.165, 1.54) is 13.0 Å². The van der Waals surface area contributed by atoms with Gasteiger partial charge in [0, 0.05) is 24.4 Å². The molecule has 2 aromatic heterocycles. The molecule has 4 N–H and O–H groups in total. The molecule has 0 aliphatic rings. The van der Waals surface area contributed by atoms with Crippen molar-refractivity contribution in [1.82, 2.24) is 14.9 Å². The second-order valence-corrected chi connectivity index (χ2v) is 8.43. The van der Waals surface area contributed by atoms with E-state index < -0.39 is 16.1 Å². The quantitative estimate of drug-likeness (QED) is 0.540. The van der Waals surface area contributed by atoms with Gasteiger partial charge in [0.1, 0.15) is 5.82 Å². The van der Waals surface area contributed by atoms with Crippen LogP contribution in [0.3, 0.4) is 0 Å². The van der Waals surface area contributed by atoms with E-state index in [9.17, 15) is 13.5 Å². The molecule has 0 bridgehead atoms. The van der Waals surface area contributed by atoms with Crippen LogP contribution in [0.1, 0.15) is 18.2 Å². The van der Waals surface area contributed by atoms with Crippen LogP contribution in [0.15, 0.2) is 45.9 Å². The van der Waals surface area contributed by atoms with Gasteiger partial charge in [-0.15, -0.1) is 0 Å². The van der Waals surface area contributed by atoms with Crippen molar-refractivity contribution in [1.29, 1.82) is 0 Å². The Bertz CT molecular complexity index is 1110. The molecule has 10 heteroatoms. The number of aromatic nitrogens is 2. The summed E-state index contributed by atoms with van der Waals surface area (Å²) in [5, 5.41) is 13.2. The molecule has 0 fully saturated rings. The molecule has 8 nitrogen and oxygen atoms in total. The molecule has 1 aromatic carbocycles. The number of aliphatic hydroxyl groups is 1. The highest BCUT2D eigenvalue weighted by Gasteiger charge is 2.18. The number of hydrogen-bond donors (Lipinski definition) is 3. The number of nitrogen functional groups attached to an aromatic ring is 1. The first-order valence-electron chi connectivity index (χ1n) is 8.65. The van der Waals surface area contributed by atoms with Crippen molar-refractivity contribution in [3.05, 3.63) is 47.8 Å². The highest BCUT2D eigenvalue weighted by atomic mass is 32.2. The Labute approximate surface area is 176 Å². The van der Waals surface area contributed by atoms with E-state index in [0.717, 1.165) is 5.56 Å². The predicted molar refractivity (Wildman–Crippen MR) is 116 cm³/mol. The van der Waals surface area contributed by atoms with Crippen molar-refractivity contribution in [2.75, 3.05) is 12.3 Å². The third-order valence-corrected chi connectivity index (χ3v) is 5.63. The molecule has 3 aromatic rings. The largest absolute Gasteiger partial charge is 0.392 e. The first kappa shape index (κ1) is 22.9. The van der Waals surface area contributed by atoms with Crippen LogP contribution in [-0.4, -0.2) is 36.3 Å². The summed E-state index contributed by atoms with van der Waals surface area (Å²) in [6.07, 6.45) is 0.804. The summed E-state index contributed by atoms with van der Waals surface area (Å²) < 4.78 is 32.7. The summed E-state index contributed by atoms with van der Waals surface area (Å²) in [4.78, 5) is 4.33. The van der Waals surface area contributed by atoms with Crippen molar-refractivity contribution in [3.63, 3.8) is 0 Å². The maximum absolute atomic E-state index is 12.5. The number of nitrogens with one attached hydrogen (secondary N) is 1. The van der Waals surface area contributed by atoms with Gasteiger partial charge in [0.15, 0.2) is 5.76 Å². The van der Waals surface area contributed by atoms with Crippen LogP contribution in [0.25, 0.3) is 22.5 Å². The average molecular weight is 437 g/mol. The Hall–Kier alpha value is -2.40. The zero-order valence-electron chi connectivity index (χ0n) is 16.3. The third-order valence-electron chi connectivity index (χ3n) is 4.21. The molecule has 0 amide bonds. The van der Waals surface area contributed by atoms with Crippen molar-refractivity contribution in [3.8, 4) is 22.5 Å². The number of nitrogens with zero attached hydrogens (tertiary/aromatic N) is 2. The number of sulfonamides is 1. The molecule has 0 unspecified atom stereocenters. The van der Waals surface area contributed by atoms with Gasteiger partial charge in [-0.3, -0.25) is 0 Å². The monoisotopic (exact) mass is 436 g/mol. The van der Waals surface area contributed by atoms with Crippen LogP contribution in [0.4, 0.5) is 5.82 Å². The fourth-order valence-corrected chi connectivity index (χ4v) is 3.85. The van der Waals surface area contributed by atoms with E-state index in [0.29, 0.717) is 34.0 Å². The summed E-state index contributed by atoms with van der Waals surface area (Å²) in [6, 6.07) is 8.37. The summed E-state index contributed by atoms with van der Waals surface area (Å²) >= 11 is 0. The molecule has 0 spiro atoms. The van der Waals surface area contributed by atoms with Gasteiger partial charge >= 0.3 is 0 Å². The Kier molecular flexibility index (Phi) is 7.06. The Balaban J connectivity index is 0.00000300. The van der Waals surface area contributed by atoms with Crippen LogP contribution < -0.4 is 10.5 Å². The van der Waals surface area contributed by atoms with Gasteiger partial charge in [-0.25, -0.2) is 18.1 Å². The third kappa shape index (κ3) is 5.15. The lowest BCUT2D eigenvalue weighted by Crippen LogP contribution is -2.30. The second kappa shape index (κ2) is 8.95. The molecule has 0 radical (unpaired) electrons. The molecule has 3 rings (SSSR count). The van der Waals surface area contributed by atoms with Gasteiger partial charge in [-0.05, 0) is 50.1 Å². The van der Waals surface area contributed by atoms with Gasteiger partial charge in [0.2, 0.25) is 10.0 Å². The normalized spacial score (nSPS) is 12.4. The Morgan fingerprint density at radius 3 is 2.55 bits per heavy atom. The van der Waals surface area contributed by atoms with Crippen LogP contribution in [-0.2, 0) is 10.0 Å². The number of pyridine rings is 1. The molecular weight excluding hydrogens is 412 g/mol. The van der Waals surface area contributed by atoms with Crippen LogP contribution in [0.2, 0.25) is 0 Å². The van der Waals surface area contributed by atoms with Crippen molar-refractivity contribution >= 4 is 29.3 Å². The molecule has 2 heterocycles. The van der Waals surface area contributed by atoms with Crippen LogP contribution >= 0.6 is 13.5 Å². The van der Waals surface area contributed by atoms with Gasteiger partial charge in [0.05, 0.1) is 22.3 Å². The minimum Gasteiger partial charge on any atom is -0.392 e. The van der Waals surface area contributed by atoms with Crippen molar-refractivity contribution < 1.29 is 18.0 Å². The van der Waals surface area contributed by atoms with E-state index >= 15 is 0 Å². The average Bonchev–Trinajstić information content (AvgIpc) is 3.07. The molecule has 1 atom stereocenters. The van der Waals surface area contributed by atoms with E-state index in [2.05, 4.69) is 14.9 Å². The van der Waals surface area contributed by atoms with E-state index in [-0.39, 0.29) is 24.9 Å². The standard InChI is InChI=1S/C19H22N4O4S.H2S/c1-11-4-5-15(28(25,26)22-9-13(3)24)8-16(11)14-7-17(19(20)21-10-14)18-6-12(2)23-27-18;/h4-8,10,13,22,24H,9H2,1-3H3,(H2,20,21);1H2/t13-;/m0./s1. The molecule has 29 heavy (non-hydrogen) atoms. The van der Waals surface area contributed by atoms with Crippen LogP contribution in [0.5, 0.6) is 0 Å². The summed E-state index contributed by atoms with van der Waals surface area (Å²) in [7, 11) is -3.75. The first-order chi connectivity index (χ1) is 13.2. The Morgan fingerprint density at radius 1 is 1.21 bits per heavy atom. The van der Waals surface area contributed by atoms with Crippen molar-refractivity contribution in [2.45, 2.75) is 31.8 Å². The Morgan fingerprint density at radius 2 is 1.93 bits per heavy atom. The fourth-order valence-electron chi connectivity index (χ4n) is 2.70. The van der Waals surface area contributed by atoms with Gasteiger partial charge < -0.3 is 15.4 Å². The van der Waals surface area contributed by atoms with E-state index in [1.54, 1.807) is 37.4 Å². The highest BCUT2D eigenvalue weighted by Crippen LogP contribution is 2.32. The first-order valence-corrected chi connectivity index (χ1v) is 10.1. The number of benzene rings is 1. The van der Waals surface area contributed by atoms with Crippen molar-refractivity contribution in [2.24, 2.45) is 0 Å². The SMILES string of the molecule is Cc1cc(-c2cc(-c3cc(S(=O)(=O)NC[C@H](C)O)ccc3C)cnc2N)on1.S. The number of anilines is 1. The molecule has 0 aliphatic carbocycles. The number of rotatable bonds is 6. The topological polar surface area (TPSA) is 131 Å². The summed E-state index contributed by atoms with van der Waals surface area (Å²) in [5.41, 5.74) is 9.56. The minimum atomic E-state index is -3.75. The number of nitrogens with two attached hydrogens (primary N) is 1. The van der Waals surface area contributed by atoms with Gasteiger partial charge in [-0.2, -0.15) is 13.5 Å². The highest BCUT2D eigenvalue weighted by molar-refractivity contribution is 7.89. The maximum atomic E-state index is 12.5. The lowest BCUT2D eigenvalue weighted by atomic mass is 10.00. The number of aryl methyl sites for hydroxylation is 2. The molecule has 0 aliphatic heterocycles. The number of hydrogen-bond acceptors (Lipinski definition) is 7.